The summed E-state index contributed by atoms with van der Waals surface area (Å²) in [5.41, 5.74) is 0.832. The number of pyridine rings is 1. The van der Waals surface area contributed by atoms with Gasteiger partial charge in [0.1, 0.15) is 0 Å². The van der Waals surface area contributed by atoms with Crippen LogP contribution in [0, 0.1) is 0 Å². The van der Waals surface area contributed by atoms with Crippen LogP contribution in [0.25, 0.3) is 11.4 Å². The summed E-state index contributed by atoms with van der Waals surface area (Å²) in [6, 6.07) is 3.58. The van der Waals surface area contributed by atoms with E-state index in [2.05, 4.69) is 20.4 Å². The Morgan fingerprint density at radius 3 is 2.90 bits per heavy atom. The van der Waals surface area contributed by atoms with Gasteiger partial charge in [-0.05, 0) is 19.1 Å². The normalized spacial score (nSPS) is 12.1. The molecule has 7 nitrogen and oxygen atoms in total. The second kappa shape index (κ2) is 7.49. The van der Waals surface area contributed by atoms with Crippen LogP contribution in [0.1, 0.15) is 19.2 Å². The summed E-state index contributed by atoms with van der Waals surface area (Å²) in [5, 5.41) is 6.72. The molecule has 0 aliphatic heterocycles. The largest absolute Gasteiger partial charge is 0.383 e. The highest BCUT2D eigenvalue weighted by atomic mass is 16.5. The molecule has 0 fully saturated rings. The minimum Gasteiger partial charge on any atom is -0.383 e. The van der Waals surface area contributed by atoms with E-state index < -0.39 is 0 Å². The zero-order valence-electron chi connectivity index (χ0n) is 12.1. The highest BCUT2D eigenvalue weighted by molar-refractivity contribution is 5.76. The molecule has 0 spiro atoms. The van der Waals surface area contributed by atoms with Gasteiger partial charge in [0.2, 0.25) is 17.6 Å². The number of methoxy groups -OCH3 is 1. The quantitative estimate of drug-likeness (QED) is 0.824. The maximum atomic E-state index is 11.7. The lowest BCUT2D eigenvalue weighted by Crippen LogP contribution is -2.35. The number of amides is 1. The molecule has 2 aromatic heterocycles. The van der Waals surface area contributed by atoms with Crippen LogP contribution in [0.2, 0.25) is 0 Å². The first-order valence-electron chi connectivity index (χ1n) is 6.70. The first kappa shape index (κ1) is 15.1. The van der Waals surface area contributed by atoms with Gasteiger partial charge in [-0.2, -0.15) is 4.98 Å². The van der Waals surface area contributed by atoms with E-state index in [-0.39, 0.29) is 11.9 Å². The number of rotatable bonds is 7. The van der Waals surface area contributed by atoms with Crippen molar-refractivity contribution >= 4 is 5.91 Å². The number of ether oxygens (including phenoxy) is 1. The van der Waals surface area contributed by atoms with Crippen LogP contribution in [-0.2, 0) is 16.0 Å². The number of nitrogens with zero attached hydrogens (tertiary/aromatic N) is 3. The number of hydrogen-bond acceptors (Lipinski definition) is 6. The van der Waals surface area contributed by atoms with Crippen LogP contribution in [-0.4, -0.2) is 40.8 Å². The molecule has 2 rings (SSSR count). The monoisotopic (exact) mass is 290 g/mol. The Kier molecular flexibility index (Phi) is 5.39. The molecular formula is C14H18N4O3. The number of carbonyl (C=O) groups excluding carboxylic acids is 1. The first-order valence-corrected chi connectivity index (χ1v) is 6.70. The number of aromatic nitrogens is 3. The Morgan fingerprint density at radius 1 is 1.43 bits per heavy atom. The summed E-state index contributed by atoms with van der Waals surface area (Å²) in [4.78, 5) is 19.9. The van der Waals surface area contributed by atoms with Crippen molar-refractivity contribution in [2.45, 2.75) is 25.8 Å². The van der Waals surface area contributed by atoms with Crippen LogP contribution < -0.4 is 5.32 Å². The highest BCUT2D eigenvalue weighted by Gasteiger charge is 2.12. The van der Waals surface area contributed by atoms with Crippen LogP contribution >= 0.6 is 0 Å². The Hall–Kier alpha value is -2.28. The van der Waals surface area contributed by atoms with Crippen molar-refractivity contribution in [3.63, 3.8) is 0 Å². The number of carbonyl (C=O) groups is 1. The molecule has 0 aromatic carbocycles. The summed E-state index contributed by atoms with van der Waals surface area (Å²) in [6.45, 7) is 2.37. The predicted octanol–water partition coefficient (Wildman–Crippen LogP) is 1.22. The molecule has 0 aliphatic carbocycles. The van der Waals surface area contributed by atoms with Crippen molar-refractivity contribution in [3.05, 3.63) is 30.4 Å². The van der Waals surface area contributed by atoms with Crippen molar-refractivity contribution in [1.29, 1.82) is 0 Å². The molecule has 7 heteroatoms. The van der Waals surface area contributed by atoms with E-state index in [4.69, 9.17) is 9.26 Å². The van der Waals surface area contributed by atoms with E-state index in [0.717, 1.165) is 5.56 Å². The Balaban J connectivity index is 1.84. The summed E-state index contributed by atoms with van der Waals surface area (Å²) >= 11 is 0. The fourth-order valence-electron chi connectivity index (χ4n) is 1.83. The number of aryl methyl sites for hydroxylation is 1. The van der Waals surface area contributed by atoms with Gasteiger partial charge in [0.25, 0.3) is 0 Å². The molecule has 1 N–H and O–H groups in total. The molecule has 0 saturated carbocycles. The molecule has 0 unspecified atom stereocenters. The standard InChI is InChI=1S/C14H18N4O3/c1-10(9-20-2)16-12(19)3-4-13-17-14(18-21-13)11-5-7-15-8-6-11/h5-8,10H,3-4,9H2,1-2H3,(H,16,19)/t10-/m0/s1. The summed E-state index contributed by atoms with van der Waals surface area (Å²) < 4.78 is 10.1. The van der Waals surface area contributed by atoms with Crippen LogP contribution in [0.3, 0.4) is 0 Å². The van der Waals surface area contributed by atoms with Gasteiger partial charge in [-0.3, -0.25) is 9.78 Å². The molecule has 21 heavy (non-hydrogen) atoms. The highest BCUT2D eigenvalue weighted by Crippen LogP contribution is 2.14. The van der Waals surface area contributed by atoms with E-state index in [1.54, 1.807) is 31.6 Å². The van der Waals surface area contributed by atoms with E-state index in [1.165, 1.54) is 0 Å². The molecular weight excluding hydrogens is 272 g/mol. The van der Waals surface area contributed by atoms with Crippen molar-refractivity contribution < 1.29 is 14.1 Å². The molecule has 1 atom stereocenters. The SMILES string of the molecule is COC[C@H](C)NC(=O)CCc1nc(-c2ccncc2)no1. The first-order chi connectivity index (χ1) is 10.2. The van der Waals surface area contributed by atoms with Gasteiger partial charge in [-0.15, -0.1) is 0 Å². The van der Waals surface area contributed by atoms with Crippen LogP contribution in [0.15, 0.2) is 29.0 Å². The molecule has 112 valence electrons. The topological polar surface area (TPSA) is 90.1 Å². The van der Waals surface area contributed by atoms with E-state index >= 15 is 0 Å². The van der Waals surface area contributed by atoms with Crippen LogP contribution in [0.5, 0.6) is 0 Å². The fourth-order valence-corrected chi connectivity index (χ4v) is 1.83. The molecule has 0 saturated heterocycles. The minimum absolute atomic E-state index is 0.0161. The number of nitrogens with one attached hydrogen (secondary N) is 1. The summed E-state index contributed by atoms with van der Waals surface area (Å²) in [6.07, 6.45) is 4.03. The second-order valence-electron chi connectivity index (χ2n) is 4.67. The van der Waals surface area contributed by atoms with Gasteiger partial charge in [0, 0.05) is 44.0 Å². The zero-order valence-corrected chi connectivity index (χ0v) is 12.1. The molecule has 0 radical (unpaired) electrons. The van der Waals surface area contributed by atoms with Crippen molar-refractivity contribution in [2.75, 3.05) is 13.7 Å². The minimum atomic E-state index is -0.0665. The molecule has 2 heterocycles. The van der Waals surface area contributed by atoms with Crippen LogP contribution in [0.4, 0.5) is 0 Å². The fraction of sp³-hybridized carbons (Fsp3) is 0.429. The lowest BCUT2D eigenvalue weighted by molar-refractivity contribution is -0.122. The lowest BCUT2D eigenvalue weighted by atomic mass is 10.2. The molecule has 1 amide bonds. The van der Waals surface area contributed by atoms with E-state index in [9.17, 15) is 4.79 Å². The summed E-state index contributed by atoms with van der Waals surface area (Å²) in [7, 11) is 1.60. The molecule has 0 aliphatic rings. The number of hydrogen-bond donors (Lipinski definition) is 1. The average molecular weight is 290 g/mol. The Labute approximate surface area is 122 Å². The predicted molar refractivity (Wildman–Crippen MR) is 75.3 cm³/mol. The molecule has 0 bridgehead atoms. The Morgan fingerprint density at radius 2 is 2.19 bits per heavy atom. The third-order valence-electron chi connectivity index (χ3n) is 2.80. The average Bonchev–Trinajstić information content (AvgIpc) is 2.95. The smallest absolute Gasteiger partial charge is 0.227 e. The van der Waals surface area contributed by atoms with Crippen molar-refractivity contribution in [2.24, 2.45) is 0 Å². The van der Waals surface area contributed by atoms with Crippen molar-refractivity contribution in [3.8, 4) is 11.4 Å². The van der Waals surface area contributed by atoms with Crippen molar-refractivity contribution in [1.82, 2.24) is 20.4 Å². The van der Waals surface area contributed by atoms with Gasteiger partial charge in [0.15, 0.2) is 0 Å². The lowest BCUT2D eigenvalue weighted by Gasteiger charge is -2.11. The Bertz CT molecular complexity index is 571. The van der Waals surface area contributed by atoms with Gasteiger partial charge >= 0.3 is 0 Å². The summed E-state index contributed by atoms with van der Waals surface area (Å²) in [5.74, 6) is 0.875. The second-order valence-corrected chi connectivity index (χ2v) is 4.67. The van der Waals surface area contributed by atoms with Gasteiger partial charge in [-0.25, -0.2) is 0 Å². The third kappa shape index (κ3) is 4.64. The molecule has 2 aromatic rings. The van der Waals surface area contributed by atoms with Gasteiger partial charge in [0.05, 0.1) is 6.61 Å². The zero-order chi connectivity index (χ0) is 15.1. The van der Waals surface area contributed by atoms with E-state index in [0.29, 0.717) is 31.2 Å². The third-order valence-corrected chi connectivity index (χ3v) is 2.80. The maximum Gasteiger partial charge on any atom is 0.227 e. The van der Waals surface area contributed by atoms with Gasteiger partial charge in [-0.1, -0.05) is 5.16 Å². The van der Waals surface area contributed by atoms with E-state index in [1.807, 2.05) is 6.92 Å². The maximum absolute atomic E-state index is 11.7. The van der Waals surface area contributed by atoms with Gasteiger partial charge < -0.3 is 14.6 Å².